The molecule has 0 saturated carbocycles. The summed E-state index contributed by atoms with van der Waals surface area (Å²) in [6, 6.07) is 5.43. The first-order chi connectivity index (χ1) is 9.07. The summed E-state index contributed by atoms with van der Waals surface area (Å²) in [6.07, 6.45) is 2.84. The van der Waals surface area contributed by atoms with Crippen LogP contribution in [0.4, 0.5) is 5.69 Å². The predicted molar refractivity (Wildman–Crippen MR) is 82.6 cm³/mol. The number of hydrogen-bond acceptors (Lipinski definition) is 2. The fourth-order valence-electron chi connectivity index (χ4n) is 2.46. The molecular weight excluding hydrogens is 328 g/mol. The van der Waals surface area contributed by atoms with E-state index >= 15 is 0 Å². The Morgan fingerprint density at radius 3 is 2.95 bits per heavy atom. The van der Waals surface area contributed by atoms with Gasteiger partial charge in [0.2, 0.25) is 5.91 Å². The molecule has 104 valence electrons. The van der Waals surface area contributed by atoms with Gasteiger partial charge >= 0.3 is 0 Å². The lowest BCUT2D eigenvalue weighted by molar-refractivity contribution is -0.126. The average molecular weight is 346 g/mol. The summed E-state index contributed by atoms with van der Waals surface area (Å²) in [5.74, 6) is 0.0939. The zero-order valence-electron chi connectivity index (χ0n) is 10.9. The van der Waals surface area contributed by atoms with E-state index in [9.17, 15) is 4.79 Å². The van der Waals surface area contributed by atoms with Crippen LogP contribution in [0.3, 0.4) is 0 Å². The fourth-order valence-corrected chi connectivity index (χ4v) is 2.96. The molecule has 3 nitrogen and oxygen atoms in total. The van der Waals surface area contributed by atoms with Crippen molar-refractivity contribution < 1.29 is 4.79 Å². The van der Waals surface area contributed by atoms with Gasteiger partial charge in [0.1, 0.15) is 0 Å². The molecule has 2 N–H and O–H groups in total. The first kappa shape index (κ1) is 14.8. The van der Waals surface area contributed by atoms with Crippen molar-refractivity contribution in [2.75, 3.05) is 18.4 Å². The summed E-state index contributed by atoms with van der Waals surface area (Å²) in [4.78, 5) is 12.5. The minimum Gasteiger partial charge on any atom is -0.326 e. The van der Waals surface area contributed by atoms with Gasteiger partial charge in [0, 0.05) is 16.7 Å². The Balaban J connectivity index is 2.12. The molecule has 1 aliphatic rings. The molecule has 1 amide bonds. The van der Waals surface area contributed by atoms with E-state index < -0.39 is 0 Å². The fraction of sp³-hybridized carbons (Fsp3) is 0.500. The second kappa shape index (κ2) is 6.25. The molecule has 1 aromatic carbocycles. The molecule has 1 atom stereocenters. The molecular formula is C14H18BrClN2O. The van der Waals surface area contributed by atoms with Gasteiger partial charge < -0.3 is 10.6 Å². The Hall–Kier alpha value is -0.580. The number of nitrogens with one attached hydrogen (secondary N) is 2. The highest BCUT2D eigenvalue weighted by atomic mass is 79.9. The third-order valence-electron chi connectivity index (χ3n) is 3.81. The third-order valence-corrected chi connectivity index (χ3v) is 5.02. The largest absolute Gasteiger partial charge is 0.326 e. The monoisotopic (exact) mass is 344 g/mol. The second-order valence-corrected chi connectivity index (χ2v) is 6.26. The highest BCUT2D eigenvalue weighted by molar-refractivity contribution is 9.10. The number of halogens is 2. The summed E-state index contributed by atoms with van der Waals surface area (Å²) < 4.78 is 0.791. The minimum absolute atomic E-state index is 0.0939. The van der Waals surface area contributed by atoms with E-state index in [4.69, 9.17) is 11.6 Å². The van der Waals surface area contributed by atoms with Crippen LogP contribution in [0.25, 0.3) is 0 Å². The molecule has 5 heteroatoms. The summed E-state index contributed by atoms with van der Waals surface area (Å²) in [6.45, 7) is 3.83. The molecule has 19 heavy (non-hydrogen) atoms. The van der Waals surface area contributed by atoms with Crippen molar-refractivity contribution in [3.8, 4) is 0 Å². The van der Waals surface area contributed by atoms with E-state index in [0.29, 0.717) is 5.02 Å². The number of carbonyl (C=O) groups is 1. The Morgan fingerprint density at radius 1 is 1.58 bits per heavy atom. The molecule has 1 unspecified atom stereocenters. The smallest absolute Gasteiger partial charge is 0.231 e. The predicted octanol–water partition coefficient (Wildman–Crippen LogP) is 3.82. The zero-order chi connectivity index (χ0) is 13.9. The maximum Gasteiger partial charge on any atom is 0.231 e. The molecule has 0 bridgehead atoms. The lowest BCUT2D eigenvalue weighted by atomic mass is 9.77. The van der Waals surface area contributed by atoms with Gasteiger partial charge in [0.25, 0.3) is 0 Å². The molecule has 1 aromatic rings. The van der Waals surface area contributed by atoms with E-state index in [2.05, 4.69) is 33.5 Å². The van der Waals surface area contributed by atoms with Crippen LogP contribution in [0.1, 0.15) is 26.2 Å². The molecule has 2 rings (SSSR count). The van der Waals surface area contributed by atoms with Crippen LogP contribution in [0.5, 0.6) is 0 Å². The standard InChI is InChI=1S/C14H18BrClN2O/c1-2-14(6-3-7-17-9-14)13(19)18-10-4-5-12(16)11(15)8-10/h4-5,8,17H,2-3,6-7,9H2,1H3,(H,18,19). The van der Waals surface area contributed by atoms with Crippen molar-refractivity contribution in [3.63, 3.8) is 0 Å². The number of piperidine rings is 1. The van der Waals surface area contributed by atoms with E-state index in [1.54, 1.807) is 6.07 Å². The Bertz CT molecular complexity index is 473. The Labute approximate surface area is 127 Å². The third kappa shape index (κ3) is 3.30. The average Bonchev–Trinajstić information content (AvgIpc) is 2.43. The van der Waals surface area contributed by atoms with Gasteiger partial charge in [0.05, 0.1) is 10.4 Å². The van der Waals surface area contributed by atoms with Crippen LogP contribution in [-0.2, 0) is 4.79 Å². The van der Waals surface area contributed by atoms with Crippen LogP contribution in [0.15, 0.2) is 22.7 Å². The molecule has 0 radical (unpaired) electrons. The van der Waals surface area contributed by atoms with Crippen molar-refractivity contribution >= 4 is 39.1 Å². The quantitative estimate of drug-likeness (QED) is 0.874. The van der Waals surface area contributed by atoms with Crippen LogP contribution in [0.2, 0.25) is 5.02 Å². The number of rotatable bonds is 3. The second-order valence-electron chi connectivity index (χ2n) is 5.00. The van der Waals surface area contributed by atoms with Crippen molar-refractivity contribution in [1.29, 1.82) is 0 Å². The number of hydrogen-bond donors (Lipinski definition) is 2. The number of anilines is 1. The maximum absolute atomic E-state index is 12.5. The van der Waals surface area contributed by atoms with Gasteiger partial charge in [-0.1, -0.05) is 18.5 Å². The van der Waals surface area contributed by atoms with Crippen LogP contribution in [-0.4, -0.2) is 19.0 Å². The molecule has 1 fully saturated rings. The number of benzene rings is 1. The number of carbonyl (C=O) groups excluding carboxylic acids is 1. The van der Waals surface area contributed by atoms with Gasteiger partial charge in [0.15, 0.2) is 0 Å². The molecule has 1 aliphatic heterocycles. The Kier molecular flexibility index (Phi) is 4.87. The van der Waals surface area contributed by atoms with Crippen molar-refractivity contribution in [1.82, 2.24) is 5.32 Å². The van der Waals surface area contributed by atoms with Crippen LogP contribution < -0.4 is 10.6 Å². The van der Waals surface area contributed by atoms with Gasteiger partial charge in [-0.2, -0.15) is 0 Å². The Morgan fingerprint density at radius 2 is 2.37 bits per heavy atom. The molecule has 0 spiro atoms. The van der Waals surface area contributed by atoms with Gasteiger partial charge in [-0.3, -0.25) is 4.79 Å². The van der Waals surface area contributed by atoms with Gasteiger partial charge in [-0.25, -0.2) is 0 Å². The van der Waals surface area contributed by atoms with E-state index in [-0.39, 0.29) is 11.3 Å². The summed E-state index contributed by atoms with van der Waals surface area (Å²) in [7, 11) is 0. The van der Waals surface area contributed by atoms with Crippen molar-refractivity contribution in [2.45, 2.75) is 26.2 Å². The zero-order valence-corrected chi connectivity index (χ0v) is 13.3. The van der Waals surface area contributed by atoms with Gasteiger partial charge in [-0.15, -0.1) is 0 Å². The van der Waals surface area contributed by atoms with Crippen molar-refractivity contribution in [3.05, 3.63) is 27.7 Å². The number of amides is 1. The highest BCUT2D eigenvalue weighted by Crippen LogP contribution is 2.32. The lowest BCUT2D eigenvalue weighted by Gasteiger charge is -2.35. The SMILES string of the molecule is CCC1(C(=O)Nc2ccc(Cl)c(Br)c2)CCCNC1. The minimum atomic E-state index is -0.287. The molecule has 1 saturated heterocycles. The summed E-state index contributed by atoms with van der Waals surface area (Å²) >= 11 is 9.32. The highest BCUT2D eigenvalue weighted by Gasteiger charge is 2.37. The molecule has 0 aromatic heterocycles. The molecule has 1 heterocycles. The van der Waals surface area contributed by atoms with E-state index in [0.717, 1.165) is 42.5 Å². The summed E-state index contributed by atoms with van der Waals surface area (Å²) in [5, 5.41) is 6.97. The van der Waals surface area contributed by atoms with E-state index in [1.165, 1.54) is 0 Å². The lowest BCUT2D eigenvalue weighted by Crippen LogP contribution is -2.47. The first-order valence-corrected chi connectivity index (χ1v) is 7.72. The normalized spacial score (nSPS) is 23.1. The van der Waals surface area contributed by atoms with Crippen LogP contribution in [0, 0.1) is 5.41 Å². The molecule has 0 aliphatic carbocycles. The van der Waals surface area contributed by atoms with Gasteiger partial charge in [-0.05, 0) is 59.9 Å². The maximum atomic E-state index is 12.5. The summed E-state index contributed by atoms with van der Waals surface area (Å²) in [5.41, 5.74) is 0.490. The first-order valence-electron chi connectivity index (χ1n) is 6.54. The van der Waals surface area contributed by atoms with Crippen LogP contribution >= 0.6 is 27.5 Å². The van der Waals surface area contributed by atoms with E-state index in [1.807, 2.05) is 12.1 Å². The topological polar surface area (TPSA) is 41.1 Å². The van der Waals surface area contributed by atoms with Crippen molar-refractivity contribution in [2.24, 2.45) is 5.41 Å².